The number of hydrogen-bond acceptors (Lipinski definition) is 5. The average Bonchev–Trinajstić information content (AvgIpc) is 2.76. The molecule has 0 saturated heterocycles. The molecule has 0 spiro atoms. The molecule has 1 aliphatic heterocycles. The van der Waals surface area contributed by atoms with Crippen LogP contribution in [0.1, 0.15) is 32.3 Å². The highest BCUT2D eigenvalue weighted by Crippen LogP contribution is 2.47. The molecule has 0 fully saturated rings. The highest BCUT2D eigenvalue weighted by atomic mass is 32.2. The van der Waals surface area contributed by atoms with Gasteiger partial charge in [-0.15, -0.1) is 0 Å². The monoisotopic (exact) mass is 397 g/mol. The second-order valence-corrected chi connectivity index (χ2v) is 9.73. The van der Waals surface area contributed by atoms with E-state index in [4.69, 9.17) is 4.55 Å². The molecular formula is C17H19NO6S2. The van der Waals surface area contributed by atoms with Gasteiger partial charge in [-0.05, 0) is 54.3 Å². The Labute approximate surface area is 152 Å². The summed E-state index contributed by atoms with van der Waals surface area (Å²) in [6.45, 7) is 3.76. The molecule has 0 aromatic heterocycles. The lowest BCUT2D eigenvalue weighted by atomic mass is 9.74. The third-order valence-corrected chi connectivity index (χ3v) is 6.64. The van der Waals surface area contributed by atoms with Gasteiger partial charge in [0, 0.05) is 11.1 Å². The molecule has 1 unspecified atom stereocenters. The minimum Gasteiger partial charge on any atom is -0.286 e. The lowest BCUT2D eigenvalue weighted by Gasteiger charge is -2.27. The van der Waals surface area contributed by atoms with E-state index < -0.39 is 25.7 Å². The third kappa shape index (κ3) is 3.39. The number of rotatable bonds is 5. The van der Waals surface area contributed by atoms with E-state index in [-0.39, 0.29) is 17.1 Å². The van der Waals surface area contributed by atoms with Crippen molar-refractivity contribution in [3.63, 3.8) is 0 Å². The van der Waals surface area contributed by atoms with E-state index >= 15 is 0 Å². The summed E-state index contributed by atoms with van der Waals surface area (Å²) in [6.07, 6.45) is 0.653. The largest absolute Gasteiger partial charge is 0.294 e. The summed E-state index contributed by atoms with van der Waals surface area (Å²) < 4.78 is 63.4. The van der Waals surface area contributed by atoms with Crippen molar-refractivity contribution in [3.8, 4) is 0 Å². The molecule has 0 aliphatic carbocycles. The van der Waals surface area contributed by atoms with Gasteiger partial charge < -0.3 is 0 Å². The van der Waals surface area contributed by atoms with E-state index in [1.807, 2.05) is 26.0 Å². The zero-order chi connectivity index (χ0) is 19.3. The number of fused-ring (bicyclic) bond motifs is 3. The van der Waals surface area contributed by atoms with Crippen LogP contribution < -0.4 is 0 Å². The van der Waals surface area contributed by atoms with Crippen molar-refractivity contribution in [3.05, 3.63) is 35.9 Å². The van der Waals surface area contributed by atoms with Crippen LogP contribution in [0.15, 0.2) is 40.2 Å². The van der Waals surface area contributed by atoms with Crippen LogP contribution >= 0.6 is 0 Å². The van der Waals surface area contributed by atoms with Crippen LogP contribution in [-0.2, 0) is 25.7 Å². The van der Waals surface area contributed by atoms with E-state index in [2.05, 4.69) is 4.99 Å². The Morgan fingerprint density at radius 1 is 1.08 bits per heavy atom. The topological polar surface area (TPSA) is 121 Å². The zero-order valence-corrected chi connectivity index (χ0v) is 15.9. The number of aliphatic imine (C=N–C) groups is 1. The molecule has 1 heterocycles. The van der Waals surface area contributed by atoms with E-state index in [1.54, 1.807) is 6.07 Å². The van der Waals surface area contributed by atoms with Crippen LogP contribution in [0.2, 0.25) is 0 Å². The molecule has 0 amide bonds. The van der Waals surface area contributed by atoms with E-state index in [9.17, 15) is 21.4 Å². The second-order valence-electron chi connectivity index (χ2n) is 6.74. The zero-order valence-electron chi connectivity index (χ0n) is 14.3. The predicted molar refractivity (Wildman–Crippen MR) is 99.5 cm³/mol. The summed E-state index contributed by atoms with van der Waals surface area (Å²) in [5, 5.41) is 1.44. The first-order chi connectivity index (χ1) is 11.9. The number of nitrogens with zero attached hydrogens (tertiary/aromatic N) is 1. The Kier molecular flexibility index (Phi) is 4.47. The van der Waals surface area contributed by atoms with Crippen LogP contribution in [0.4, 0.5) is 5.69 Å². The summed E-state index contributed by atoms with van der Waals surface area (Å²) in [4.78, 5) is 4.35. The van der Waals surface area contributed by atoms with Gasteiger partial charge in [-0.2, -0.15) is 16.8 Å². The predicted octanol–water partition coefficient (Wildman–Crippen LogP) is 3.12. The molecule has 2 aromatic rings. The SMILES string of the molecule is CC1=Nc2ccc3ccc(S(=O)(=O)O)cc3c2C1(C)CCCS(=O)(=O)O. The van der Waals surface area contributed by atoms with Gasteiger partial charge in [0.05, 0.1) is 16.3 Å². The fourth-order valence-electron chi connectivity index (χ4n) is 3.52. The fourth-order valence-corrected chi connectivity index (χ4v) is 4.54. The summed E-state index contributed by atoms with van der Waals surface area (Å²) in [6, 6.07) is 8.02. The Morgan fingerprint density at radius 2 is 1.73 bits per heavy atom. The second kappa shape index (κ2) is 6.12. The Hall–Kier alpha value is -1.81. The van der Waals surface area contributed by atoms with Gasteiger partial charge in [0.1, 0.15) is 0 Å². The first-order valence-electron chi connectivity index (χ1n) is 7.97. The molecule has 3 rings (SSSR count). The van der Waals surface area contributed by atoms with Gasteiger partial charge in [0.15, 0.2) is 0 Å². The molecular weight excluding hydrogens is 378 g/mol. The summed E-state index contributed by atoms with van der Waals surface area (Å²) in [7, 11) is -8.41. The first kappa shape index (κ1) is 19.0. The molecule has 26 heavy (non-hydrogen) atoms. The van der Waals surface area contributed by atoms with Crippen LogP contribution in [0.5, 0.6) is 0 Å². The number of benzene rings is 2. The highest BCUT2D eigenvalue weighted by molar-refractivity contribution is 7.86. The summed E-state index contributed by atoms with van der Waals surface area (Å²) in [5.74, 6) is -0.355. The Balaban J connectivity index is 2.15. The third-order valence-electron chi connectivity index (χ3n) is 4.99. The molecule has 2 N–H and O–H groups in total. The molecule has 7 nitrogen and oxygen atoms in total. The van der Waals surface area contributed by atoms with Crippen molar-refractivity contribution in [1.29, 1.82) is 0 Å². The van der Waals surface area contributed by atoms with Gasteiger partial charge in [-0.25, -0.2) is 0 Å². The molecule has 1 atom stereocenters. The van der Waals surface area contributed by atoms with Gasteiger partial charge in [0.2, 0.25) is 0 Å². The lowest BCUT2D eigenvalue weighted by Crippen LogP contribution is -2.28. The van der Waals surface area contributed by atoms with Crippen molar-refractivity contribution < 1.29 is 25.9 Å². The normalized spacial score (nSPS) is 20.2. The van der Waals surface area contributed by atoms with Crippen LogP contribution in [-0.4, -0.2) is 37.4 Å². The molecule has 9 heteroatoms. The summed E-state index contributed by atoms with van der Waals surface area (Å²) in [5.41, 5.74) is 1.68. The maximum absolute atomic E-state index is 11.5. The van der Waals surface area contributed by atoms with Crippen molar-refractivity contribution in [2.45, 2.75) is 37.0 Å². The summed E-state index contributed by atoms with van der Waals surface area (Å²) >= 11 is 0. The van der Waals surface area contributed by atoms with Crippen LogP contribution in [0, 0.1) is 0 Å². The molecule has 2 aromatic carbocycles. The van der Waals surface area contributed by atoms with Crippen molar-refractivity contribution in [2.75, 3.05) is 5.75 Å². The smallest absolute Gasteiger partial charge is 0.286 e. The maximum atomic E-state index is 11.5. The van der Waals surface area contributed by atoms with E-state index in [0.717, 1.165) is 16.7 Å². The van der Waals surface area contributed by atoms with E-state index in [1.165, 1.54) is 12.1 Å². The standard InChI is InChI=1S/C17H19NO6S2/c1-11-17(2,8-3-9-25(19,20)21)16-14-10-13(26(22,23)24)6-4-12(14)5-7-15(16)18-11/h4-7,10H,3,8-9H2,1-2H3,(H,19,20,21)(H,22,23,24). The number of hydrogen-bond donors (Lipinski definition) is 2. The minimum atomic E-state index is -4.35. The maximum Gasteiger partial charge on any atom is 0.294 e. The first-order valence-corrected chi connectivity index (χ1v) is 11.0. The average molecular weight is 397 g/mol. The van der Waals surface area contributed by atoms with E-state index in [0.29, 0.717) is 17.5 Å². The minimum absolute atomic E-state index is 0.205. The molecule has 0 radical (unpaired) electrons. The molecule has 0 saturated carbocycles. The van der Waals surface area contributed by atoms with Gasteiger partial charge in [-0.1, -0.05) is 19.1 Å². The van der Waals surface area contributed by atoms with Gasteiger partial charge >= 0.3 is 0 Å². The fraction of sp³-hybridized carbons (Fsp3) is 0.353. The van der Waals surface area contributed by atoms with Gasteiger partial charge in [0.25, 0.3) is 20.2 Å². The molecule has 140 valence electrons. The Morgan fingerprint density at radius 3 is 2.35 bits per heavy atom. The van der Waals surface area contributed by atoms with Gasteiger partial charge in [-0.3, -0.25) is 14.1 Å². The lowest BCUT2D eigenvalue weighted by molar-refractivity contribution is 0.474. The van der Waals surface area contributed by atoms with Crippen molar-refractivity contribution >= 4 is 42.4 Å². The molecule has 0 bridgehead atoms. The van der Waals surface area contributed by atoms with Crippen LogP contribution in [0.3, 0.4) is 0 Å². The van der Waals surface area contributed by atoms with Crippen molar-refractivity contribution in [1.82, 2.24) is 0 Å². The molecule has 1 aliphatic rings. The van der Waals surface area contributed by atoms with Crippen LogP contribution in [0.25, 0.3) is 10.8 Å². The highest BCUT2D eigenvalue weighted by Gasteiger charge is 2.38. The quantitative estimate of drug-likeness (QED) is 0.748. The Bertz CT molecular complexity index is 1140. The van der Waals surface area contributed by atoms with Crippen molar-refractivity contribution in [2.24, 2.45) is 4.99 Å².